The number of carbonyl (C=O) groups is 6. The summed E-state index contributed by atoms with van der Waals surface area (Å²) in [5, 5.41) is 25.3. The summed E-state index contributed by atoms with van der Waals surface area (Å²) in [6.45, 7) is 0.809. The van der Waals surface area contributed by atoms with Crippen LogP contribution in [-0.4, -0.2) is 83.0 Å². The number of nitrogens with two attached hydrogens (primary N) is 4. The van der Waals surface area contributed by atoms with Crippen LogP contribution in [-0.2, 0) is 28.8 Å². The third kappa shape index (κ3) is 15.4. The molecule has 0 saturated carbocycles. The molecule has 4 amide bonds. The zero-order chi connectivity index (χ0) is 28.4. The van der Waals surface area contributed by atoms with Gasteiger partial charge in [0.05, 0.1) is 6.04 Å². The van der Waals surface area contributed by atoms with Crippen LogP contribution in [0.1, 0.15) is 64.2 Å². The Kier molecular flexibility index (Phi) is 17.2. The number of primary amides is 1. The molecule has 0 aromatic carbocycles. The SMILES string of the molecule is NCCCCC(N)C(=O)NC(CCCCN)C(=O)NC(CCC(N)=O)C(=O)NC(CCC(=O)O)C(=O)O. The number of carboxylic acids is 2. The van der Waals surface area contributed by atoms with Gasteiger partial charge in [-0.25, -0.2) is 4.79 Å². The second-order valence-electron chi connectivity index (χ2n) is 8.63. The molecule has 0 aliphatic heterocycles. The minimum Gasteiger partial charge on any atom is -0.481 e. The smallest absolute Gasteiger partial charge is 0.326 e. The highest BCUT2D eigenvalue weighted by atomic mass is 16.4. The maximum Gasteiger partial charge on any atom is 0.326 e. The minimum absolute atomic E-state index is 0.185. The zero-order valence-corrected chi connectivity index (χ0v) is 20.9. The lowest BCUT2D eigenvalue weighted by Crippen LogP contribution is -2.57. The Morgan fingerprint density at radius 1 is 0.622 bits per heavy atom. The molecule has 0 aliphatic carbocycles. The van der Waals surface area contributed by atoms with Crippen molar-refractivity contribution in [3.8, 4) is 0 Å². The van der Waals surface area contributed by atoms with Crippen LogP contribution in [0, 0.1) is 0 Å². The molecule has 0 heterocycles. The van der Waals surface area contributed by atoms with Crippen molar-refractivity contribution in [3.63, 3.8) is 0 Å². The Hall–Kier alpha value is -3.30. The summed E-state index contributed by atoms with van der Waals surface area (Å²) in [6.07, 6.45) is 1.43. The molecule has 0 aliphatic rings. The molecule has 4 atom stereocenters. The average molecular weight is 532 g/mol. The molecular formula is C22H41N7O8. The van der Waals surface area contributed by atoms with E-state index < -0.39 is 72.6 Å². The van der Waals surface area contributed by atoms with Crippen LogP contribution in [0.5, 0.6) is 0 Å². The van der Waals surface area contributed by atoms with E-state index in [0.717, 1.165) is 0 Å². The van der Waals surface area contributed by atoms with Crippen molar-refractivity contribution < 1.29 is 39.0 Å². The average Bonchev–Trinajstić information content (AvgIpc) is 2.82. The molecule has 0 rings (SSSR count). The number of nitrogens with one attached hydrogen (secondary N) is 3. The Bertz CT molecular complexity index is 780. The van der Waals surface area contributed by atoms with E-state index in [4.69, 9.17) is 28.0 Å². The molecular weight excluding hydrogens is 490 g/mol. The number of amides is 4. The van der Waals surface area contributed by atoms with Crippen molar-refractivity contribution in [3.05, 3.63) is 0 Å². The number of hydrogen-bond donors (Lipinski definition) is 9. The van der Waals surface area contributed by atoms with Gasteiger partial charge < -0.3 is 49.1 Å². The summed E-state index contributed by atoms with van der Waals surface area (Å²) in [4.78, 5) is 71.9. The topological polar surface area (TPSA) is 283 Å². The van der Waals surface area contributed by atoms with Gasteiger partial charge in [-0.3, -0.25) is 24.0 Å². The lowest BCUT2D eigenvalue weighted by molar-refractivity contribution is -0.143. The molecule has 0 spiro atoms. The molecule has 15 heteroatoms. The highest BCUT2D eigenvalue weighted by Crippen LogP contribution is 2.07. The molecule has 0 bridgehead atoms. The van der Waals surface area contributed by atoms with Crippen LogP contribution < -0.4 is 38.9 Å². The molecule has 0 saturated heterocycles. The van der Waals surface area contributed by atoms with Crippen molar-refractivity contribution in [1.82, 2.24) is 16.0 Å². The number of unbranched alkanes of at least 4 members (excludes halogenated alkanes) is 2. The summed E-state index contributed by atoms with van der Waals surface area (Å²) in [6, 6.07) is -4.87. The van der Waals surface area contributed by atoms with Gasteiger partial charge in [0, 0.05) is 12.8 Å². The highest BCUT2D eigenvalue weighted by Gasteiger charge is 2.30. The predicted molar refractivity (Wildman–Crippen MR) is 133 cm³/mol. The Balaban J connectivity index is 5.53. The van der Waals surface area contributed by atoms with Crippen molar-refractivity contribution >= 4 is 35.6 Å². The lowest BCUT2D eigenvalue weighted by atomic mass is 10.0. The maximum atomic E-state index is 13.0. The quantitative estimate of drug-likeness (QED) is 0.0683. The largest absolute Gasteiger partial charge is 0.481 e. The number of carboxylic acid groups (broad SMARTS) is 2. The third-order valence-corrected chi connectivity index (χ3v) is 5.46. The maximum absolute atomic E-state index is 13.0. The summed E-state index contributed by atoms with van der Waals surface area (Å²) in [5.74, 6) is -5.74. The van der Waals surface area contributed by atoms with Crippen LogP contribution in [0.2, 0.25) is 0 Å². The predicted octanol–water partition coefficient (Wildman–Crippen LogP) is -2.76. The van der Waals surface area contributed by atoms with E-state index >= 15 is 0 Å². The van der Waals surface area contributed by atoms with E-state index in [0.29, 0.717) is 45.2 Å². The van der Waals surface area contributed by atoms with Crippen molar-refractivity contribution in [2.45, 2.75) is 88.4 Å². The van der Waals surface area contributed by atoms with Crippen molar-refractivity contribution in [2.75, 3.05) is 13.1 Å². The van der Waals surface area contributed by atoms with E-state index in [1.54, 1.807) is 0 Å². The van der Waals surface area contributed by atoms with Gasteiger partial charge in [0.15, 0.2) is 0 Å². The normalized spacial score (nSPS) is 14.0. The van der Waals surface area contributed by atoms with Crippen molar-refractivity contribution in [1.29, 1.82) is 0 Å². The van der Waals surface area contributed by atoms with E-state index in [1.165, 1.54) is 0 Å². The van der Waals surface area contributed by atoms with Gasteiger partial charge in [0.1, 0.15) is 18.1 Å². The van der Waals surface area contributed by atoms with Gasteiger partial charge in [-0.1, -0.05) is 6.42 Å². The van der Waals surface area contributed by atoms with Gasteiger partial charge in [-0.05, 0) is 58.0 Å². The number of aliphatic carboxylic acids is 2. The number of rotatable bonds is 21. The van der Waals surface area contributed by atoms with Crippen molar-refractivity contribution in [2.24, 2.45) is 22.9 Å². The fourth-order valence-corrected chi connectivity index (χ4v) is 3.31. The van der Waals surface area contributed by atoms with Gasteiger partial charge in [0.2, 0.25) is 23.6 Å². The molecule has 15 nitrogen and oxygen atoms in total. The van der Waals surface area contributed by atoms with E-state index in [9.17, 15) is 33.9 Å². The summed E-state index contributed by atoms with van der Waals surface area (Å²) in [5.41, 5.74) is 22.0. The molecule has 212 valence electrons. The summed E-state index contributed by atoms with van der Waals surface area (Å²) in [7, 11) is 0. The molecule has 4 unspecified atom stereocenters. The van der Waals surface area contributed by atoms with Crippen LogP contribution >= 0.6 is 0 Å². The van der Waals surface area contributed by atoms with Gasteiger partial charge in [-0.2, -0.15) is 0 Å². The molecule has 0 radical (unpaired) electrons. The Labute approximate surface area is 215 Å². The second kappa shape index (κ2) is 18.9. The Morgan fingerprint density at radius 3 is 1.57 bits per heavy atom. The summed E-state index contributed by atoms with van der Waals surface area (Å²) < 4.78 is 0. The molecule has 13 N–H and O–H groups in total. The first-order valence-electron chi connectivity index (χ1n) is 12.2. The molecule has 0 fully saturated rings. The van der Waals surface area contributed by atoms with E-state index in [1.807, 2.05) is 0 Å². The lowest BCUT2D eigenvalue weighted by Gasteiger charge is -2.25. The Morgan fingerprint density at radius 2 is 1.08 bits per heavy atom. The number of hydrogen-bond acceptors (Lipinski definition) is 9. The molecule has 0 aromatic heterocycles. The third-order valence-electron chi connectivity index (χ3n) is 5.46. The fraction of sp³-hybridized carbons (Fsp3) is 0.727. The van der Waals surface area contributed by atoms with E-state index in [2.05, 4.69) is 16.0 Å². The fourth-order valence-electron chi connectivity index (χ4n) is 3.31. The highest BCUT2D eigenvalue weighted by molar-refractivity contribution is 5.94. The number of carbonyl (C=O) groups excluding carboxylic acids is 4. The van der Waals surface area contributed by atoms with Crippen LogP contribution in [0.25, 0.3) is 0 Å². The van der Waals surface area contributed by atoms with Crippen LogP contribution in [0.4, 0.5) is 0 Å². The van der Waals surface area contributed by atoms with Crippen LogP contribution in [0.15, 0.2) is 0 Å². The monoisotopic (exact) mass is 531 g/mol. The van der Waals surface area contributed by atoms with Gasteiger partial charge >= 0.3 is 11.9 Å². The van der Waals surface area contributed by atoms with Gasteiger partial charge in [-0.15, -0.1) is 0 Å². The first-order chi connectivity index (χ1) is 17.4. The second-order valence-corrected chi connectivity index (χ2v) is 8.63. The zero-order valence-electron chi connectivity index (χ0n) is 20.9. The molecule has 37 heavy (non-hydrogen) atoms. The molecule has 0 aromatic rings. The summed E-state index contributed by atoms with van der Waals surface area (Å²) >= 11 is 0. The first-order valence-corrected chi connectivity index (χ1v) is 12.2. The first kappa shape index (κ1) is 33.7. The van der Waals surface area contributed by atoms with Crippen LogP contribution in [0.3, 0.4) is 0 Å². The standard InChI is InChI=1S/C22H41N7O8/c23-11-3-1-5-13(25)19(33)27-14(6-2-4-12-24)20(34)28-15(7-9-17(26)30)21(35)29-16(22(36)37)8-10-18(31)32/h13-16H,1-12,23-25H2,(H2,26,30)(H,27,33)(H,28,34)(H,29,35)(H,31,32)(H,36,37). The van der Waals surface area contributed by atoms with Gasteiger partial charge in [0.25, 0.3) is 0 Å². The minimum atomic E-state index is -1.54. The van der Waals surface area contributed by atoms with E-state index in [-0.39, 0.29) is 19.3 Å².